The Morgan fingerprint density at radius 1 is 0.967 bits per heavy atom. The first-order chi connectivity index (χ1) is 28.5. The lowest BCUT2D eigenvalue weighted by atomic mass is 9.79. The van der Waals surface area contributed by atoms with Gasteiger partial charge in [0.1, 0.15) is 36.0 Å². The van der Waals surface area contributed by atoms with Crippen LogP contribution in [0.25, 0.3) is 0 Å². The Kier molecular flexibility index (Phi) is 16.8. The van der Waals surface area contributed by atoms with E-state index in [1.165, 1.54) is 40.1 Å². The number of nitrogens with one attached hydrogen (secondary N) is 4. The predicted octanol–water partition coefficient (Wildman–Crippen LogP) is 1.17. The average molecular weight is 835 g/mol. The van der Waals surface area contributed by atoms with Gasteiger partial charge in [-0.05, 0) is 74.4 Å². The van der Waals surface area contributed by atoms with Crippen LogP contribution in [-0.2, 0) is 35.2 Å². The van der Waals surface area contributed by atoms with E-state index in [1.807, 2.05) is 12.1 Å². The highest BCUT2D eigenvalue weighted by Gasteiger charge is 2.39. The number of aryl methyl sites for hydroxylation is 1. The lowest BCUT2D eigenvalue weighted by Gasteiger charge is -2.36. The van der Waals surface area contributed by atoms with Crippen LogP contribution in [-0.4, -0.2) is 135 Å². The maximum absolute atomic E-state index is 13.9. The average Bonchev–Trinajstić information content (AvgIpc) is 3.22. The van der Waals surface area contributed by atoms with Crippen molar-refractivity contribution in [2.24, 2.45) is 5.92 Å². The Labute approximate surface area is 349 Å². The Morgan fingerprint density at radius 3 is 2.32 bits per heavy atom. The van der Waals surface area contributed by atoms with Gasteiger partial charge in [-0.2, -0.15) is 0 Å². The van der Waals surface area contributed by atoms with E-state index in [-0.39, 0.29) is 30.6 Å². The van der Waals surface area contributed by atoms with Gasteiger partial charge in [0.25, 0.3) is 5.91 Å². The van der Waals surface area contributed by atoms with Crippen molar-refractivity contribution in [2.45, 2.75) is 108 Å². The fourth-order valence-corrected chi connectivity index (χ4v) is 7.40. The summed E-state index contributed by atoms with van der Waals surface area (Å²) in [6.45, 7) is 3.49. The largest absolute Gasteiger partial charge is 0.508 e. The van der Waals surface area contributed by atoms with Crippen LogP contribution in [0.15, 0.2) is 71.0 Å². The number of amides is 6. The summed E-state index contributed by atoms with van der Waals surface area (Å²) in [5, 5.41) is 51.7. The molecule has 4 rings (SSSR count). The van der Waals surface area contributed by atoms with Gasteiger partial charge in [0.05, 0.1) is 19.3 Å². The number of carboxylic acid groups (broad SMARTS) is 1. The minimum Gasteiger partial charge on any atom is -0.508 e. The van der Waals surface area contributed by atoms with Crippen molar-refractivity contribution >= 4 is 41.4 Å². The van der Waals surface area contributed by atoms with Crippen molar-refractivity contribution in [1.82, 2.24) is 31.1 Å². The molecule has 17 heteroatoms. The van der Waals surface area contributed by atoms with Gasteiger partial charge in [-0.15, -0.1) is 0 Å². The van der Waals surface area contributed by atoms with Crippen molar-refractivity contribution < 1.29 is 54.0 Å². The molecule has 0 saturated carbocycles. The number of carbonyl (C=O) groups is 7. The van der Waals surface area contributed by atoms with Gasteiger partial charge in [0, 0.05) is 37.6 Å². The van der Waals surface area contributed by atoms with Crippen LogP contribution in [0.1, 0.15) is 81.6 Å². The number of carbonyl (C=O) groups excluding carboxylic acids is 6. The summed E-state index contributed by atoms with van der Waals surface area (Å²) in [6.07, 6.45) is 10.3. The molecule has 0 unspecified atom stereocenters. The topological polar surface area (TPSA) is 255 Å². The SMILES string of the molecule is CCCCCCc1ccc(C(=O)N(C)[C@H](CO)C(=O)N[C@H](C)C(=O)NCC(=O)N(C)[C@@H]2C(=O)N[C@@H](C)C(=O)N[C@H](C(=O)O)CC3=CC[C@H](O)C(=C3)C3=C(O)C=C[C@H]2C3)cc1. The van der Waals surface area contributed by atoms with Crippen molar-refractivity contribution in [3.63, 3.8) is 0 Å². The third kappa shape index (κ3) is 11.9. The molecule has 1 heterocycles. The molecule has 7 atom stereocenters. The lowest BCUT2D eigenvalue weighted by Crippen LogP contribution is -2.58. The summed E-state index contributed by atoms with van der Waals surface area (Å²) in [4.78, 5) is 94.5. The number of likely N-dealkylation sites (N-methyl/N-ethyl adjacent to an activating group) is 2. The molecular weight excluding hydrogens is 777 g/mol. The van der Waals surface area contributed by atoms with E-state index in [2.05, 4.69) is 28.2 Å². The number of hydrogen-bond acceptors (Lipinski definition) is 10. The zero-order valence-corrected chi connectivity index (χ0v) is 34.8. The predicted molar refractivity (Wildman–Crippen MR) is 220 cm³/mol. The first-order valence-electron chi connectivity index (χ1n) is 20.3. The van der Waals surface area contributed by atoms with E-state index < -0.39 is 96.8 Å². The first-order valence-corrected chi connectivity index (χ1v) is 20.3. The number of nitrogens with zero attached hydrogens (tertiary/aromatic N) is 2. The summed E-state index contributed by atoms with van der Waals surface area (Å²) >= 11 is 0. The molecule has 4 bridgehead atoms. The molecule has 1 aromatic carbocycles. The van der Waals surface area contributed by atoms with E-state index in [9.17, 15) is 54.0 Å². The molecule has 0 aromatic heterocycles. The number of hydrogen-bond donors (Lipinski definition) is 8. The van der Waals surface area contributed by atoms with E-state index in [0.717, 1.165) is 47.5 Å². The molecule has 0 radical (unpaired) electrons. The Bertz CT molecular complexity index is 1920. The second kappa shape index (κ2) is 21.4. The lowest BCUT2D eigenvalue weighted by molar-refractivity contribution is -0.143. The molecule has 1 aliphatic heterocycles. The van der Waals surface area contributed by atoms with Gasteiger partial charge in [-0.25, -0.2) is 4.79 Å². The summed E-state index contributed by atoms with van der Waals surface area (Å²) in [5.41, 5.74) is 2.51. The third-order valence-electron chi connectivity index (χ3n) is 11.1. The summed E-state index contributed by atoms with van der Waals surface area (Å²) in [6, 6.07) is 0.562. The smallest absolute Gasteiger partial charge is 0.326 e. The van der Waals surface area contributed by atoms with Crippen LogP contribution in [0.3, 0.4) is 0 Å². The number of allylic oxidation sites excluding steroid dienone is 2. The fraction of sp³-hybridized carbons (Fsp3) is 0.512. The van der Waals surface area contributed by atoms with Crippen LogP contribution < -0.4 is 21.3 Å². The molecule has 1 aromatic rings. The third-order valence-corrected chi connectivity index (χ3v) is 11.1. The minimum absolute atomic E-state index is 0.0278. The van der Waals surface area contributed by atoms with E-state index in [4.69, 9.17) is 0 Å². The van der Waals surface area contributed by atoms with Gasteiger partial charge in [0.2, 0.25) is 29.5 Å². The Hall–Kier alpha value is -5.81. The Balaban J connectivity index is 1.43. The van der Waals surface area contributed by atoms with Crippen molar-refractivity contribution in [1.29, 1.82) is 0 Å². The normalized spacial score (nSPS) is 22.8. The van der Waals surface area contributed by atoms with Gasteiger partial charge in [0.15, 0.2) is 0 Å². The number of rotatable bonds is 15. The van der Waals surface area contributed by atoms with E-state index in [0.29, 0.717) is 16.7 Å². The zero-order valence-electron chi connectivity index (χ0n) is 34.8. The van der Waals surface area contributed by atoms with Crippen LogP contribution in [0.4, 0.5) is 0 Å². The van der Waals surface area contributed by atoms with Gasteiger partial charge in [-0.3, -0.25) is 28.8 Å². The molecule has 8 N–H and O–H groups in total. The van der Waals surface area contributed by atoms with Crippen LogP contribution in [0.5, 0.6) is 0 Å². The van der Waals surface area contributed by atoms with Crippen molar-refractivity contribution in [2.75, 3.05) is 27.2 Å². The molecule has 326 valence electrons. The zero-order chi connectivity index (χ0) is 44.3. The summed E-state index contributed by atoms with van der Waals surface area (Å²) in [7, 11) is 2.69. The standard InChI is InChI=1S/C43H58N6O11/c1-6-7-8-9-10-26-11-14-28(15-12-26)42(58)48(4)33(23-50)40(56)45-24(2)38(54)44-22-36(53)49(5)37-29-16-18-35(52)31(21-29)30-19-27(13-17-34(30)51)20-32(43(59)60)47-39(55)25(3)46-41(37)57/h11-16,18-19,24-25,29,32-34,37,50-52H,6-10,17,20-23H2,1-5H3,(H,44,54)(H,45,56)(H,46,57)(H,47,55)(H,59,60)/t24-,25+,29+,32+,33-,34+,37+/m1/s1. The number of aliphatic carboxylic acids is 1. The molecule has 2 aliphatic carbocycles. The number of unbranched alkanes of at least 4 members (excludes halogenated alkanes) is 3. The van der Waals surface area contributed by atoms with Gasteiger partial charge < -0.3 is 51.5 Å². The van der Waals surface area contributed by atoms with Crippen molar-refractivity contribution in [3.8, 4) is 0 Å². The number of benzene rings is 1. The first kappa shape index (κ1) is 46.9. The number of aliphatic hydroxyl groups excluding tert-OH is 3. The second-order valence-corrected chi connectivity index (χ2v) is 15.6. The maximum atomic E-state index is 13.9. The number of aliphatic hydroxyl groups is 3. The molecule has 3 aliphatic rings. The molecule has 17 nitrogen and oxygen atoms in total. The van der Waals surface area contributed by atoms with Crippen LogP contribution in [0, 0.1) is 5.92 Å². The second-order valence-electron chi connectivity index (χ2n) is 15.6. The number of carboxylic acids is 1. The monoisotopic (exact) mass is 834 g/mol. The van der Waals surface area contributed by atoms with Gasteiger partial charge >= 0.3 is 5.97 Å². The van der Waals surface area contributed by atoms with E-state index >= 15 is 0 Å². The minimum atomic E-state index is -1.37. The molecule has 0 fully saturated rings. The fourth-order valence-electron chi connectivity index (χ4n) is 7.40. The molecule has 60 heavy (non-hydrogen) atoms. The van der Waals surface area contributed by atoms with Crippen LogP contribution >= 0.6 is 0 Å². The number of fused-ring (bicyclic) bond motifs is 4. The highest BCUT2D eigenvalue weighted by molar-refractivity contribution is 5.99. The molecule has 6 amide bonds. The molecular formula is C43H58N6O11. The summed E-state index contributed by atoms with van der Waals surface area (Å²) < 4.78 is 0. The Morgan fingerprint density at radius 2 is 1.67 bits per heavy atom. The highest BCUT2D eigenvalue weighted by Crippen LogP contribution is 2.36. The maximum Gasteiger partial charge on any atom is 0.326 e. The van der Waals surface area contributed by atoms with Crippen molar-refractivity contribution in [3.05, 3.63) is 82.2 Å². The summed E-state index contributed by atoms with van der Waals surface area (Å²) in [5.74, 6) is -6.72. The van der Waals surface area contributed by atoms with Crippen LogP contribution in [0.2, 0.25) is 0 Å². The van der Waals surface area contributed by atoms with E-state index in [1.54, 1.807) is 24.3 Å². The quantitative estimate of drug-likeness (QED) is 0.117. The highest BCUT2D eigenvalue weighted by atomic mass is 16.4. The molecule has 0 spiro atoms. The molecule has 0 saturated heterocycles. The van der Waals surface area contributed by atoms with Gasteiger partial charge in [-0.1, -0.05) is 56.5 Å².